The molecule has 0 bridgehead atoms. The molecule has 0 saturated carbocycles. The van der Waals surface area contributed by atoms with E-state index in [9.17, 15) is 0 Å². The minimum Gasteiger partial charge on any atom is -0.374 e. The first-order valence-electron chi connectivity index (χ1n) is 6.56. The Balaban J connectivity index is 1.74. The number of morpholine rings is 2. The highest BCUT2D eigenvalue weighted by Crippen LogP contribution is 2.09. The van der Waals surface area contributed by atoms with Gasteiger partial charge >= 0.3 is 0 Å². The van der Waals surface area contributed by atoms with E-state index in [1.807, 2.05) is 7.05 Å². The van der Waals surface area contributed by atoms with E-state index in [-0.39, 0.29) is 0 Å². The SMILES string of the molecule is CNCC1CN(CC2CN(C)CCO2)CCO1. The van der Waals surface area contributed by atoms with Crippen molar-refractivity contribution in [2.75, 3.05) is 66.6 Å². The van der Waals surface area contributed by atoms with Gasteiger partial charge in [-0.25, -0.2) is 0 Å². The number of hydrogen-bond acceptors (Lipinski definition) is 5. The number of rotatable bonds is 4. The van der Waals surface area contributed by atoms with Crippen molar-refractivity contribution >= 4 is 0 Å². The summed E-state index contributed by atoms with van der Waals surface area (Å²) in [6.07, 6.45) is 0.692. The summed E-state index contributed by atoms with van der Waals surface area (Å²) >= 11 is 0. The Morgan fingerprint density at radius 3 is 2.65 bits per heavy atom. The van der Waals surface area contributed by atoms with Crippen molar-refractivity contribution < 1.29 is 9.47 Å². The third-order valence-corrected chi connectivity index (χ3v) is 3.46. The highest BCUT2D eigenvalue weighted by atomic mass is 16.5. The lowest BCUT2D eigenvalue weighted by atomic mass is 10.2. The van der Waals surface area contributed by atoms with E-state index >= 15 is 0 Å². The molecule has 2 fully saturated rings. The zero-order valence-corrected chi connectivity index (χ0v) is 11.0. The molecule has 0 aromatic carbocycles. The van der Waals surface area contributed by atoms with E-state index in [0.29, 0.717) is 12.2 Å². The molecule has 2 aliphatic heterocycles. The van der Waals surface area contributed by atoms with Crippen LogP contribution in [0.3, 0.4) is 0 Å². The molecular formula is C12H25N3O2. The van der Waals surface area contributed by atoms with Gasteiger partial charge in [-0.2, -0.15) is 0 Å². The van der Waals surface area contributed by atoms with Crippen LogP contribution in [0.1, 0.15) is 0 Å². The van der Waals surface area contributed by atoms with Gasteiger partial charge in [-0.3, -0.25) is 4.90 Å². The summed E-state index contributed by atoms with van der Waals surface area (Å²) in [5, 5.41) is 3.18. The molecule has 17 heavy (non-hydrogen) atoms. The average Bonchev–Trinajstić information content (AvgIpc) is 2.30. The fourth-order valence-electron chi connectivity index (χ4n) is 2.56. The monoisotopic (exact) mass is 243 g/mol. The lowest BCUT2D eigenvalue weighted by Gasteiger charge is -2.37. The Bertz CT molecular complexity index is 226. The molecule has 2 atom stereocenters. The summed E-state index contributed by atoms with van der Waals surface area (Å²) < 4.78 is 11.5. The summed E-state index contributed by atoms with van der Waals surface area (Å²) in [4.78, 5) is 4.81. The Labute approximate surface area is 104 Å². The predicted octanol–water partition coefficient (Wildman–Crippen LogP) is -0.763. The highest BCUT2D eigenvalue weighted by Gasteiger charge is 2.25. The van der Waals surface area contributed by atoms with Crippen molar-refractivity contribution in [2.24, 2.45) is 0 Å². The molecule has 0 aliphatic carbocycles. The topological polar surface area (TPSA) is 37.0 Å². The zero-order chi connectivity index (χ0) is 12.1. The molecule has 2 saturated heterocycles. The van der Waals surface area contributed by atoms with E-state index < -0.39 is 0 Å². The standard InChI is InChI=1S/C12H25N3O2/c1-13-7-11-9-15(4-6-16-11)10-12-8-14(2)3-5-17-12/h11-13H,3-10H2,1-2H3. The third-order valence-electron chi connectivity index (χ3n) is 3.46. The lowest BCUT2D eigenvalue weighted by Crippen LogP contribution is -2.51. The lowest BCUT2D eigenvalue weighted by molar-refractivity contribution is -0.0697. The first-order chi connectivity index (χ1) is 8.28. The second-order valence-electron chi connectivity index (χ2n) is 5.07. The molecule has 0 radical (unpaired) electrons. The number of ether oxygens (including phenoxy) is 2. The fourth-order valence-corrected chi connectivity index (χ4v) is 2.56. The molecule has 0 aromatic rings. The maximum absolute atomic E-state index is 5.81. The van der Waals surface area contributed by atoms with Gasteiger partial charge in [-0.15, -0.1) is 0 Å². The van der Waals surface area contributed by atoms with Gasteiger partial charge in [0.2, 0.25) is 0 Å². The molecule has 2 aliphatic rings. The van der Waals surface area contributed by atoms with Crippen LogP contribution >= 0.6 is 0 Å². The Kier molecular flexibility index (Phi) is 5.18. The molecule has 0 aromatic heterocycles. The van der Waals surface area contributed by atoms with E-state index in [2.05, 4.69) is 22.2 Å². The minimum absolute atomic E-state index is 0.329. The van der Waals surface area contributed by atoms with Crippen LogP contribution < -0.4 is 5.32 Å². The summed E-state index contributed by atoms with van der Waals surface area (Å²) in [5.41, 5.74) is 0. The van der Waals surface area contributed by atoms with Crippen molar-refractivity contribution in [3.05, 3.63) is 0 Å². The van der Waals surface area contributed by atoms with Gasteiger partial charge in [0.05, 0.1) is 25.4 Å². The maximum Gasteiger partial charge on any atom is 0.0829 e. The second-order valence-corrected chi connectivity index (χ2v) is 5.07. The van der Waals surface area contributed by atoms with E-state index in [0.717, 1.165) is 52.5 Å². The van der Waals surface area contributed by atoms with Gasteiger partial charge in [-0.05, 0) is 14.1 Å². The number of likely N-dealkylation sites (N-methyl/N-ethyl adjacent to an activating group) is 2. The summed E-state index contributed by atoms with van der Waals surface area (Å²) in [6.45, 7) is 7.83. The van der Waals surface area contributed by atoms with Crippen LogP contribution in [-0.2, 0) is 9.47 Å². The molecule has 1 N–H and O–H groups in total. The normalized spacial score (nSPS) is 32.8. The van der Waals surface area contributed by atoms with E-state index in [1.54, 1.807) is 0 Å². The fraction of sp³-hybridized carbons (Fsp3) is 1.00. The second kappa shape index (κ2) is 6.66. The quantitative estimate of drug-likeness (QED) is 0.702. The van der Waals surface area contributed by atoms with Crippen LogP contribution in [0.4, 0.5) is 0 Å². The summed E-state index contributed by atoms with van der Waals surface area (Å²) in [6, 6.07) is 0. The van der Waals surface area contributed by atoms with Gasteiger partial charge in [-0.1, -0.05) is 0 Å². The van der Waals surface area contributed by atoms with Crippen molar-refractivity contribution in [2.45, 2.75) is 12.2 Å². The molecule has 0 amide bonds. The first-order valence-corrected chi connectivity index (χ1v) is 6.56. The molecule has 2 rings (SSSR count). The molecule has 5 nitrogen and oxygen atoms in total. The molecule has 5 heteroatoms. The Morgan fingerprint density at radius 1 is 1.12 bits per heavy atom. The maximum atomic E-state index is 5.81. The third kappa shape index (κ3) is 4.19. The van der Waals surface area contributed by atoms with E-state index in [1.165, 1.54) is 0 Å². The summed E-state index contributed by atoms with van der Waals surface area (Å²) in [7, 11) is 4.14. The van der Waals surface area contributed by atoms with E-state index in [4.69, 9.17) is 9.47 Å². The summed E-state index contributed by atoms with van der Waals surface area (Å²) in [5.74, 6) is 0. The smallest absolute Gasteiger partial charge is 0.0829 e. The minimum atomic E-state index is 0.329. The predicted molar refractivity (Wildman–Crippen MR) is 67.3 cm³/mol. The van der Waals surface area contributed by atoms with Crippen LogP contribution in [0.5, 0.6) is 0 Å². The number of nitrogens with one attached hydrogen (secondary N) is 1. The van der Waals surface area contributed by atoms with Gasteiger partial charge in [0.25, 0.3) is 0 Å². The van der Waals surface area contributed by atoms with Crippen LogP contribution in [0.15, 0.2) is 0 Å². The zero-order valence-electron chi connectivity index (χ0n) is 11.0. The molecule has 2 unspecified atom stereocenters. The average molecular weight is 243 g/mol. The van der Waals surface area contributed by atoms with Gasteiger partial charge in [0.15, 0.2) is 0 Å². The van der Waals surface area contributed by atoms with Crippen LogP contribution in [0.25, 0.3) is 0 Å². The Morgan fingerprint density at radius 2 is 1.88 bits per heavy atom. The van der Waals surface area contributed by atoms with Crippen molar-refractivity contribution in [3.8, 4) is 0 Å². The van der Waals surface area contributed by atoms with Crippen LogP contribution in [0, 0.1) is 0 Å². The van der Waals surface area contributed by atoms with Gasteiger partial charge in [0, 0.05) is 39.3 Å². The molecular weight excluding hydrogens is 218 g/mol. The largest absolute Gasteiger partial charge is 0.374 e. The molecule has 0 spiro atoms. The Hall–Kier alpha value is -0.200. The van der Waals surface area contributed by atoms with Crippen LogP contribution in [-0.4, -0.2) is 88.6 Å². The van der Waals surface area contributed by atoms with Gasteiger partial charge in [0.1, 0.15) is 0 Å². The molecule has 2 heterocycles. The van der Waals surface area contributed by atoms with Crippen LogP contribution in [0.2, 0.25) is 0 Å². The first kappa shape index (κ1) is 13.2. The van der Waals surface area contributed by atoms with Crippen molar-refractivity contribution in [1.29, 1.82) is 0 Å². The number of hydrogen-bond donors (Lipinski definition) is 1. The van der Waals surface area contributed by atoms with Crippen molar-refractivity contribution in [3.63, 3.8) is 0 Å². The highest BCUT2D eigenvalue weighted by molar-refractivity contribution is 4.78. The van der Waals surface area contributed by atoms with Gasteiger partial charge < -0.3 is 19.7 Å². The van der Waals surface area contributed by atoms with Crippen molar-refractivity contribution in [1.82, 2.24) is 15.1 Å². The number of nitrogens with zero attached hydrogens (tertiary/aromatic N) is 2. The molecule has 100 valence electrons.